The van der Waals surface area contributed by atoms with Gasteiger partial charge in [0.05, 0.1) is 18.9 Å². The molecule has 0 spiro atoms. The van der Waals surface area contributed by atoms with Crippen LogP contribution in [-0.2, 0) is 14.3 Å². The molecule has 4 heteroatoms. The van der Waals surface area contributed by atoms with Crippen molar-refractivity contribution in [2.75, 3.05) is 6.61 Å². The number of hydrogen-bond donors (Lipinski definition) is 1. The van der Waals surface area contributed by atoms with Crippen LogP contribution in [0.1, 0.15) is 187 Å². The number of carboxylic acid groups (broad SMARTS) is 1. The van der Waals surface area contributed by atoms with Crippen LogP contribution in [0.4, 0.5) is 0 Å². The summed E-state index contributed by atoms with van der Waals surface area (Å²) in [7, 11) is 0. The fourth-order valence-electron chi connectivity index (χ4n) is 5.19. The van der Waals surface area contributed by atoms with Crippen LogP contribution in [0.3, 0.4) is 0 Å². The second kappa shape index (κ2) is 31.2. The van der Waals surface area contributed by atoms with E-state index in [0.29, 0.717) is 13.0 Å². The number of carbonyl (C=O) groups excluding carboxylic acids is 1. The lowest BCUT2D eigenvalue weighted by atomic mass is 9.97. The van der Waals surface area contributed by atoms with E-state index >= 15 is 0 Å². The quantitative estimate of drug-likeness (QED) is 0.0529. The van der Waals surface area contributed by atoms with Crippen molar-refractivity contribution < 1.29 is 19.4 Å². The number of allylic oxidation sites excluding steroid dienone is 2. The highest BCUT2D eigenvalue weighted by Gasteiger charge is 2.21. The van der Waals surface area contributed by atoms with Crippen molar-refractivity contribution in [3.05, 3.63) is 12.2 Å². The molecule has 0 saturated carbocycles. The minimum Gasteiger partial charge on any atom is -0.481 e. The molecule has 0 aliphatic carbocycles. The molecule has 1 atom stereocenters. The van der Waals surface area contributed by atoms with Crippen molar-refractivity contribution in [1.82, 2.24) is 0 Å². The second-order valence-corrected chi connectivity index (χ2v) is 11.7. The van der Waals surface area contributed by atoms with Gasteiger partial charge in [-0.15, -0.1) is 0 Å². The zero-order valence-corrected chi connectivity index (χ0v) is 26.2. The molecule has 0 fully saturated rings. The van der Waals surface area contributed by atoms with Crippen molar-refractivity contribution in [2.24, 2.45) is 5.92 Å². The third kappa shape index (κ3) is 29.5. The molecule has 0 aromatic heterocycles. The van der Waals surface area contributed by atoms with Crippen LogP contribution in [0, 0.1) is 5.92 Å². The van der Waals surface area contributed by atoms with Gasteiger partial charge in [0.1, 0.15) is 0 Å². The van der Waals surface area contributed by atoms with E-state index in [2.05, 4.69) is 19.1 Å². The third-order valence-electron chi connectivity index (χ3n) is 7.79. The first-order valence-electron chi connectivity index (χ1n) is 17.1. The fraction of sp³-hybridized carbons (Fsp3) is 0.886. The van der Waals surface area contributed by atoms with Gasteiger partial charge in [0.15, 0.2) is 0 Å². The van der Waals surface area contributed by atoms with Crippen LogP contribution >= 0.6 is 0 Å². The fourth-order valence-corrected chi connectivity index (χ4v) is 5.19. The first-order valence-corrected chi connectivity index (χ1v) is 17.1. The van der Waals surface area contributed by atoms with Crippen LogP contribution in [0.25, 0.3) is 0 Å². The zero-order chi connectivity index (χ0) is 28.7. The Morgan fingerprint density at radius 2 is 0.949 bits per heavy atom. The summed E-state index contributed by atoms with van der Waals surface area (Å²) in [6.45, 7) is 4.59. The number of unbranched alkanes of at least 4 members (excludes halogenated alkanes) is 22. The molecule has 0 rings (SSSR count). The van der Waals surface area contributed by atoms with Gasteiger partial charge in [-0.05, 0) is 38.5 Å². The van der Waals surface area contributed by atoms with Crippen LogP contribution < -0.4 is 0 Å². The van der Waals surface area contributed by atoms with Crippen LogP contribution in [0.2, 0.25) is 0 Å². The molecule has 0 aliphatic heterocycles. The largest absolute Gasteiger partial charge is 0.481 e. The first-order chi connectivity index (χ1) is 19.1. The Bertz CT molecular complexity index is 557. The Balaban J connectivity index is 3.30. The normalized spacial score (nSPS) is 12.3. The van der Waals surface area contributed by atoms with E-state index in [1.165, 1.54) is 141 Å². The van der Waals surface area contributed by atoms with Gasteiger partial charge in [0.25, 0.3) is 0 Å². The van der Waals surface area contributed by atoms with Crippen molar-refractivity contribution in [3.63, 3.8) is 0 Å². The smallest absolute Gasteiger partial charge is 0.307 e. The maximum atomic E-state index is 11.7. The zero-order valence-electron chi connectivity index (χ0n) is 26.2. The van der Waals surface area contributed by atoms with Gasteiger partial charge < -0.3 is 9.84 Å². The van der Waals surface area contributed by atoms with Crippen molar-refractivity contribution in [1.29, 1.82) is 0 Å². The molecule has 1 unspecified atom stereocenters. The van der Waals surface area contributed by atoms with Gasteiger partial charge in [-0.1, -0.05) is 154 Å². The van der Waals surface area contributed by atoms with Crippen molar-refractivity contribution in [3.8, 4) is 0 Å². The van der Waals surface area contributed by atoms with E-state index in [-0.39, 0.29) is 12.4 Å². The number of carboxylic acids is 1. The van der Waals surface area contributed by atoms with E-state index in [9.17, 15) is 14.7 Å². The lowest BCUT2D eigenvalue weighted by Crippen LogP contribution is -2.19. The molecule has 0 aliphatic rings. The highest BCUT2D eigenvalue weighted by molar-refractivity contribution is 5.78. The molecular formula is C35H66O4. The summed E-state index contributed by atoms with van der Waals surface area (Å²) in [5.41, 5.74) is 0. The van der Waals surface area contributed by atoms with Gasteiger partial charge >= 0.3 is 11.9 Å². The maximum Gasteiger partial charge on any atom is 0.307 e. The van der Waals surface area contributed by atoms with Gasteiger partial charge in [-0.2, -0.15) is 0 Å². The summed E-state index contributed by atoms with van der Waals surface area (Å²) < 4.78 is 5.03. The summed E-state index contributed by atoms with van der Waals surface area (Å²) in [4.78, 5) is 23.0. The molecule has 0 heterocycles. The molecule has 0 aromatic rings. The van der Waals surface area contributed by atoms with Gasteiger partial charge in [0.2, 0.25) is 0 Å². The van der Waals surface area contributed by atoms with Gasteiger partial charge in [0, 0.05) is 0 Å². The highest BCUT2D eigenvalue weighted by Crippen LogP contribution is 2.18. The third-order valence-corrected chi connectivity index (χ3v) is 7.79. The minimum absolute atomic E-state index is 0.00689. The summed E-state index contributed by atoms with van der Waals surface area (Å²) >= 11 is 0. The van der Waals surface area contributed by atoms with Gasteiger partial charge in [-0.25, -0.2) is 0 Å². The molecular weight excluding hydrogens is 484 g/mol. The number of hydrogen-bond acceptors (Lipinski definition) is 3. The Morgan fingerprint density at radius 3 is 1.33 bits per heavy atom. The number of aliphatic carboxylic acids is 1. The van der Waals surface area contributed by atoms with Crippen LogP contribution in [0.15, 0.2) is 12.2 Å². The second-order valence-electron chi connectivity index (χ2n) is 11.7. The van der Waals surface area contributed by atoms with E-state index in [4.69, 9.17) is 4.74 Å². The monoisotopic (exact) mass is 550 g/mol. The van der Waals surface area contributed by atoms with E-state index in [1.54, 1.807) is 0 Å². The standard InChI is InChI=1S/C35H66O4/c1-3-5-6-7-8-9-10-11-12-13-14-15-16-17-18-19-20-21-22-23-24-25-26-27-28-29-30-33(35(37)38)32-34(36)39-31-4-2/h9-10,33H,3-8,11-32H2,1-2H3,(H,37,38)/b10-9+. The highest BCUT2D eigenvalue weighted by atomic mass is 16.5. The molecule has 230 valence electrons. The summed E-state index contributed by atoms with van der Waals surface area (Å²) in [5, 5.41) is 9.33. The molecule has 0 saturated heterocycles. The van der Waals surface area contributed by atoms with Crippen molar-refractivity contribution in [2.45, 2.75) is 187 Å². The maximum absolute atomic E-state index is 11.7. The number of carbonyl (C=O) groups is 2. The van der Waals surface area contributed by atoms with Gasteiger partial charge in [-0.3, -0.25) is 9.59 Å². The molecule has 4 nitrogen and oxygen atoms in total. The summed E-state index contributed by atoms with van der Waals surface area (Å²) in [6.07, 6.45) is 38.0. The Hall–Kier alpha value is -1.32. The Morgan fingerprint density at radius 1 is 0.564 bits per heavy atom. The van der Waals surface area contributed by atoms with E-state index in [0.717, 1.165) is 19.3 Å². The van der Waals surface area contributed by atoms with E-state index < -0.39 is 11.9 Å². The predicted octanol–water partition coefficient (Wildman–Crippen LogP) is 11.4. The molecule has 1 N–H and O–H groups in total. The lowest BCUT2D eigenvalue weighted by molar-refractivity contribution is -0.151. The Labute approximate surface area is 243 Å². The van der Waals surface area contributed by atoms with E-state index in [1.807, 2.05) is 6.92 Å². The molecule has 0 amide bonds. The first kappa shape index (κ1) is 37.7. The average molecular weight is 551 g/mol. The summed E-state index contributed by atoms with van der Waals surface area (Å²) in [5.74, 6) is -1.85. The SMILES string of the molecule is CCCCCC/C=C/CCCCCCCCCCCCCCCCCCCCC(CC(=O)OCCC)C(=O)O. The predicted molar refractivity (Wildman–Crippen MR) is 167 cm³/mol. The average Bonchev–Trinajstić information content (AvgIpc) is 2.93. The number of ether oxygens (including phenoxy) is 1. The number of esters is 1. The van der Waals surface area contributed by atoms with Crippen LogP contribution in [-0.4, -0.2) is 23.7 Å². The topological polar surface area (TPSA) is 63.6 Å². The lowest BCUT2D eigenvalue weighted by Gasteiger charge is -2.11. The Kier molecular flexibility index (Phi) is 30.2. The molecule has 0 aromatic carbocycles. The molecule has 0 radical (unpaired) electrons. The van der Waals surface area contributed by atoms with Crippen molar-refractivity contribution >= 4 is 11.9 Å². The minimum atomic E-state index is -0.874. The van der Waals surface area contributed by atoms with Crippen LogP contribution in [0.5, 0.6) is 0 Å². The molecule has 39 heavy (non-hydrogen) atoms. The molecule has 0 bridgehead atoms. The summed E-state index contributed by atoms with van der Waals surface area (Å²) in [6, 6.07) is 0. The number of rotatable bonds is 31.